The Morgan fingerprint density at radius 2 is 2.06 bits per heavy atom. The molecule has 1 aromatic rings. The molecule has 1 aliphatic rings. The summed E-state index contributed by atoms with van der Waals surface area (Å²) in [4.78, 5) is 0. The molecule has 2 rings (SSSR count). The van der Waals surface area contributed by atoms with Gasteiger partial charge in [-0.25, -0.2) is 13.1 Å². The number of furan rings is 1. The first-order valence-corrected chi connectivity index (χ1v) is 6.84. The van der Waals surface area contributed by atoms with Crippen molar-refractivity contribution in [3.63, 3.8) is 0 Å². The molecule has 0 spiro atoms. The summed E-state index contributed by atoms with van der Waals surface area (Å²) in [5, 5.41) is -0.0489. The van der Waals surface area contributed by atoms with E-state index >= 15 is 0 Å². The molecule has 0 amide bonds. The standard InChI is InChI=1S/C10H16N2O3S.ClH/c11-8-10(5-1-2-6-10)12-16(13,14)9-4-3-7-15-9;/h3-4,7,12H,1-2,5-6,8,11H2;1H. The van der Waals surface area contributed by atoms with Gasteiger partial charge in [0, 0.05) is 12.1 Å². The fourth-order valence-corrected chi connectivity index (χ4v) is 3.55. The minimum absolute atomic E-state index is 0. The van der Waals surface area contributed by atoms with E-state index in [0.717, 1.165) is 25.7 Å². The van der Waals surface area contributed by atoms with Crippen molar-refractivity contribution in [2.24, 2.45) is 5.73 Å². The lowest BCUT2D eigenvalue weighted by molar-refractivity contribution is 0.384. The summed E-state index contributed by atoms with van der Waals surface area (Å²) in [7, 11) is -3.57. The smallest absolute Gasteiger partial charge is 0.274 e. The van der Waals surface area contributed by atoms with Crippen molar-refractivity contribution in [3.05, 3.63) is 18.4 Å². The van der Waals surface area contributed by atoms with E-state index in [1.165, 1.54) is 12.3 Å². The van der Waals surface area contributed by atoms with Gasteiger partial charge in [0.2, 0.25) is 5.09 Å². The lowest BCUT2D eigenvalue weighted by Gasteiger charge is -2.27. The number of rotatable bonds is 4. The molecule has 1 aromatic heterocycles. The summed E-state index contributed by atoms with van der Waals surface area (Å²) in [5.41, 5.74) is 5.19. The minimum atomic E-state index is -3.57. The van der Waals surface area contributed by atoms with Crippen LogP contribution in [0.5, 0.6) is 0 Å². The van der Waals surface area contributed by atoms with Crippen molar-refractivity contribution >= 4 is 22.4 Å². The van der Waals surface area contributed by atoms with Gasteiger partial charge < -0.3 is 10.2 Å². The van der Waals surface area contributed by atoms with E-state index in [4.69, 9.17) is 10.2 Å². The SMILES string of the molecule is Cl.NCC1(NS(=O)(=O)c2ccco2)CCCC1. The zero-order valence-corrected chi connectivity index (χ0v) is 11.0. The summed E-state index contributed by atoms with van der Waals surface area (Å²) in [6, 6.07) is 2.99. The van der Waals surface area contributed by atoms with Gasteiger partial charge in [0.1, 0.15) is 0 Å². The van der Waals surface area contributed by atoms with Gasteiger partial charge in [-0.05, 0) is 25.0 Å². The predicted molar refractivity (Wildman–Crippen MR) is 66.5 cm³/mol. The summed E-state index contributed by atoms with van der Waals surface area (Å²) in [5.74, 6) is 0. The first kappa shape index (κ1) is 14.5. The summed E-state index contributed by atoms with van der Waals surface area (Å²) in [6.07, 6.45) is 4.96. The largest absolute Gasteiger partial charge is 0.452 e. The van der Waals surface area contributed by atoms with Crippen LogP contribution in [0.4, 0.5) is 0 Å². The Hall–Kier alpha value is -0.560. The Balaban J connectivity index is 0.00000144. The van der Waals surface area contributed by atoms with Gasteiger partial charge in [0.15, 0.2) is 0 Å². The fourth-order valence-electron chi connectivity index (χ4n) is 2.15. The van der Waals surface area contributed by atoms with Crippen LogP contribution in [0.3, 0.4) is 0 Å². The Kier molecular flexibility index (Phi) is 4.60. The van der Waals surface area contributed by atoms with E-state index in [2.05, 4.69) is 4.72 Å². The molecule has 5 nitrogen and oxygen atoms in total. The molecule has 0 bridgehead atoms. The van der Waals surface area contributed by atoms with Crippen LogP contribution in [-0.4, -0.2) is 20.5 Å². The van der Waals surface area contributed by atoms with Crippen LogP contribution in [0.1, 0.15) is 25.7 Å². The second-order valence-corrected chi connectivity index (χ2v) is 5.84. The molecule has 0 saturated heterocycles. The average molecular weight is 281 g/mol. The average Bonchev–Trinajstić information content (AvgIpc) is 2.87. The molecule has 0 unspecified atom stereocenters. The molecule has 3 N–H and O–H groups in total. The Morgan fingerprint density at radius 1 is 1.41 bits per heavy atom. The van der Waals surface area contributed by atoms with Crippen molar-refractivity contribution in [3.8, 4) is 0 Å². The number of nitrogens with two attached hydrogens (primary N) is 1. The van der Waals surface area contributed by atoms with Gasteiger partial charge in [-0.1, -0.05) is 12.8 Å². The molecular formula is C10H17ClN2O3S. The molecule has 0 aromatic carbocycles. The minimum Gasteiger partial charge on any atom is -0.452 e. The fraction of sp³-hybridized carbons (Fsp3) is 0.600. The van der Waals surface area contributed by atoms with Crippen LogP contribution in [-0.2, 0) is 10.0 Å². The monoisotopic (exact) mass is 280 g/mol. The molecule has 0 aliphatic heterocycles. The predicted octanol–water partition coefficient (Wildman–Crippen LogP) is 1.25. The Morgan fingerprint density at radius 3 is 2.53 bits per heavy atom. The molecule has 98 valence electrons. The van der Waals surface area contributed by atoms with Crippen LogP contribution in [0.2, 0.25) is 0 Å². The quantitative estimate of drug-likeness (QED) is 0.869. The number of halogens is 1. The van der Waals surface area contributed by atoms with Crippen LogP contribution in [0, 0.1) is 0 Å². The van der Waals surface area contributed by atoms with Gasteiger partial charge in [-0.3, -0.25) is 0 Å². The Bertz CT molecular complexity index is 438. The van der Waals surface area contributed by atoms with Gasteiger partial charge in [-0.2, -0.15) is 0 Å². The Labute approximate surface area is 107 Å². The zero-order chi connectivity index (χ0) is 11.6. The molecular weight excluding hydrogens is 264 g/mol. The zero-order valence-electron chi connectivity index (χ0n) is 9.39. The third kappa shape index (κ3) is 3.01. The highest BCUT2D eigenvalue weighted by Crippen LogP contribution is 2.30. The van der Waals surface area contributed by atoms with Crippen molar-refractivity contribution < 1.29 is 12.8 Å². The first-order valence-electron chi connectivity index (χ1n) is 5.36. The van der Waals surface area contributed by atoms with Crippen molar-refractivity contribution in [1.29, 1.82) is 0 Å². The van der Waals surface area contributed by atoms with Gasteiger partial charge in [0.25, 0.3) is 10.0 Å². The van der Waals surface area contributed by atoms with Gasteiger partial charge >= 0.3 is 0 Å². The number of sulfonamides is 1. The summed E-state index contributed by atoms with van der Waals surface area (Å²) < 4.78 is 31.5. The molecule has 1 fully saturated rings. The molecule has 0 atom stereocenters. The van der Waals surface area contributed by atoms with E-state index in [-0.39, 0.29) is 17.5 Å². The van der Waals surface area contributed by atoms with Crippen LogP contribution in [0.25, 0.3) is 0 Å². The van der Waals surface area contributed by atoms with Crippen LogP contribution < -0.4 is 10.5 Å². The summed E-state index contributed by atoms with van der Waals surface area (Å²) >= 11 is 0. The van der Waals surface area contributed by atoms with Gasteiger partial charge in [0.05, 0.1) is 6.26 Å². The first-order chi connectivity index (χ1) is 7.58. The topological polar surface area (TPSA) is 85.3 Å². The highest BCUT2D eigenvalue weighted by atomic mass is 35.5. The highest BCUT2D eigenvalue weighted by Gasteiger charge is 2.37. The number of hydrogen-bond acceptors (Lipinski definition) is 4. The van der Waals surface area contributed by atoms with Crippen molar-refractivity contribution in [2.45, 2.75) is 36.3 Å². The normalized spacial score (nSPS) is 18.9. The molecule has 0 radical (unpaired) electrons. The number of nitrogens with one attached hydrogen (secondary N) is 1. The van der Waals surface area contributed by atoms with E-state index in [1.807, 2.05) is 0 Å². The second-order valence-electron chi connectivity index (χ2n) is 4.23. The van der Waals surface area contributed by atoms with Crippen molar-refractivity contribution in [2.75, 3.05) is 6.54 Å². The third-order valence-corrected chi connectivity index (χ3v) is 4.53. The van der Waals surface area contributed by atoms with Crippen LogP contribution >= 0.6 is 12.4 Å². The maximum atomic E-state index is 12.0. The number of hydrogen-bond donors (Lipinski definition) is 2. The second kappa shape index (κ2) is 5.39. The van der Waals surface area contributed by atoms with E-state index in [9.17, 15) is 8.42 Å². The summed E-state index contributed by atoms with van der Waals surface area (Å²) in [6.45, 7) is 0.326. The molecule has 17 heavy (non-hydrogen) atoms. The molecule has 1 saturated carbocycles. The van der Waals surface area contributed by atoms with Crippen molar-refractivity contribution in [1.82, 2.24) is 4.72 Å². The molecule has 7 heteroatoms. The van der Waals surface area contributed by atoms with Crippen LogP contribution in [0.15, 0.2) is 27.9 Å². The lowest BCUT2D eigenvalue weighted by Crippen LogP contribution is -2.51. The van der Waals surface area contributed by atoms with Gasteiger partial charge in [-0.15, -0.1) is 12.4 Å². The van der Waals surface area contributed by atoms with E-state index in [0.29, 0.717) is 6.54 Å². The highest BCUT2D eigenvalue weighted by molar-refractivity contribution is 7.89. The van der Waals surface area contributed by atoms with E-state index in [1.54, 1.807) is 6.07 Å². The molecule has 1 aliphatic carbocycles. The third-order valence-electron chi connectivity index (χ3n) is 3.06. The van der Waals surface area contributed by atoms with E-state index < -0.39 is 15.6 Å². The maximum absolute atomic E-state index is 12.0. The maximum Gasteiger partial charge on any atom is 0.274 e. The molecule has 1 heterocycles. The lowest BCUT2D eigenvalue weighted by atomic mass is 10.0.